The number of likely N-dealkylation sites (N-methyl/N-ethyl adjacent to an activating group) is 1. The zero-order valence-electron chi connectivity index (χ0n) is 19.8. The van der Waals surface area contributed by atoms with Gasteiger partial charge in [0.15, 0.2) is 17.3 Å². The van der Waals surface area contributed by atoms with Crippen molar-refractivity contribution in [3.8, 4) is 17.2 Å². The van der Waals surface area contributed by atoms with Gasteiger partial charge >= 0.3 is 0 Å². The third-order valence-corrected chi connectivity index (χ3v) is 6.73. The molecule has 180 valence electrons. The number of hydrogen-bond acceptors (Lipinski definition) is 7. The number of nitrogens with one attached hydrogen (secondary N) is 1. The van der Waals surface area contributed by atoms with E-state index in [9.17, 15) is 19.8 Å². The van der Waals surface area contributed by atoms with Crippen LogP contribution in [0.2, 0.25) is 0 Å². The summed E-state index contributed by atoms with van der Waals surface area (Å²) in [6, 6.07) is 5.86. The largest absolute Gasteiger partial charge is 0.504 e. The van der Waals surface area contributed by atoms with E-state index in [0.29, 0.717) is 17.9 Å². The average Bonchev–Trinajstić information content (AvgIpc) is 2.79. The third kappa shape index (κ3) is 5.50. The Labute approximate surface area is 194 Å². The molecule has 1 fully saturated rings. The molecule has 1 heterocycles. The number of nitrogens with zero attached hydrogens (tertiary/aromatic N) is 1. The van der Waals surface area contributed by atoms with Crippen molar-refractivity contribution in [2.45, 2.75) is 56.9 Å². The van der Waals surface area contributed by atoms with E-state index >= 15 is 0 Å². The summed E-state index contributed by atoms with van der Waals surface area (Å²) in [5.41, 5.74) is -0.0778. The van der Waals surface area contributed by atoms with Gasteiger partial charge in [0.1, 0.15) is 5.76 Å². The minimum absolute atomic E-state index is 0.0166. The van der Waals surface area contributed by atoms with Gasteiger partial charge in [-0.2, -0.15) is 0 Å². The number of hydrogen-bond donors (Lipinski definition) is 3. The number of rotatable bonds is 8. The van der Waals surface area contributed by atoms with Crippen LogP contribution in [0, 0.1) is 6.92 Å². The minimum atomic E-state index is -0.742. The summed E-state index contributed by atoms with van der Waals surface area (Å²) in [7, 11) is 5.51. The molecule has 1 aliphatic rings. The number of benzene rings is 1. The van der Waals surface area contributed by atoms with Gasteiger partial charge < -0.3 is 29.6 Å². The van der Waals surface area contributed by atoms with Crippen molar-refractivity contribution in [1.29, 1.82) is 0 Å². The monoisotopic (exact) mass is 458 g/mol. The first-order valence-electron chi connectivity index (χ1n) is 11.3. The second-order valence-electron chi connectivity index (χ2n) is 9.08. The smallest absolute Gasteiger partial charge is 0.227 e. The fraction of sp³-hybridized carbons (Fsp3) is 0.520. The highest BCUT2D eigenvalue weighted by atomic mass is 16.5. The Bertz CT molecular complexity index is 1040. The van der Waals surface area contributed by atoms with E-state index in [1.54, 1.807) is 19.1 Å². The number of amides is 1. The molecule has 1 aromatic heterocycles. The SMILES string of the molecule is COc1cc([C@H](CC(=O)NCC2(N(C)C)CCCCC2)c2oc(C)cc(=O)c2O)ccc1O. The molecule has 33 heavy (non-hydrogen) atoms. The molecule has 0 spiro atoms. The first kappa shape index (κ1) is 24.6. The topological polar surface area (TPSA) is 112 Å². The lowest BCUT2D eigenvalue weighted by molar-refractivity contribution is -0.122. The summed E-state index contributed by atoms with van der Waals surface area (Å²) in [6.07, 6.45) is 5.47. The molecule has 0 radical (unpaired) electrons. The Hall–Kier alpha value is -3.00. The first-order valence-corrected chi connectivity index (χ1v) is 11.3. The second kappa shape index (κ2) is 10.3. The number of methoxy groups -OCH3 is 1. The summed E-state index contributed by atoms with van der Waals surface area (Å²) in [5.74, 6) is -0.968. The third-order valence-electron chi connectivity index (χ3n) is 6.73. The van der Waals surface area contributed by atoms with Gasteiger partial charge in [0.25, 0.3) is 0 Å². The quantitative estimate of drug-likeness (QED) is 0.557. The highest BCUT2D eigenvalue weighted by Crippen LogP contribution is 2.37. The van der Waals surface area contributed by atoms with E-state index in [0.717, 1.165) is 25.7 Å². The predicted octanol–water partition coefficient (Wildman–Crippen LogP) is 3.27. The van der Waals surface area contributed by atoms with Gasteiger partial charge in [-0.05, 0) is 51.6 Å². The number of aromatic hydroxyl groups is 2. The lowest BCUT2D eigenvalue weighted by Crippen LogP contribution is -2.53. The maximum atomic E-state index is 13.1. The van der Waals surface area contributed by atoms with Gasteiger partial charge in [0.2, 0.25) is 17.1 Å². The van der Waals surface area contributed by atoms with Crippen LogP contribution in [0.25, 0.3) is 0 Å². The highest BCUT2D eigenvalue weighted by Gasteiger charge is 2.35. The molecular formula is C25H34N2O6. The summed E-state index contributed by atoms with van der Waals surface area (Å²) in [5, 5.41) is 23.5. The molecule has 1 aliphatic carbocycles. The van der Waals surface area contributed by atoms with Crippen molar-refractivity contribution in [1.82, 2.24) is 10.2 Å². The number of phenols is 1. The summed E-state index contributed by atoms with van der Waals surface area (Å²) in [4.78, 5) is 27.5. The number of ether oxygens (including phenoxy) is 1. The van der Waals surface area contributed by atoms with Crippen molar-refractivity contribution in [2.24, 2.45) is 0 Å². The van der Waals surface area contributed by atoms with Crippen molar-refractivity contribution in [3.63, 3.8) is 0 Å². The fourth-order valence-electron chi connectivity index (χ4n) is 4.65. The Kier molecular flexibility index (Phi) is 7.68. The van der Waals surface area contributed by atoms with Gasteiger partial charge in [-0.3, -0.25) is 9.59 Å². The Morgan fingerprint density at radius 2 is 1.91 bits per heavy atom. The van der Waals surface area contributed by atoms with Crippen LogP contribution in [0.3, 0.4) is 0 Å². The van der Waals surface area contributed by atoms with Crippen LogP contribution >= 0.6 is 0 Å². The number of phenolic OH excluding ortho intramolecular Hbond substituents is 1. The van der Waals surface area contributed by atoms with Gasteiger partial charge in [-0.25, -0.2) is 0 Å². The van der Waals surface area contributed by atoms with Crippen LogP contribution in [0.1, 0.15) is 61.5 Å². The Morgan fingerprint density at radius 1 is 1.21 bits per heavy atom. The van der Waals surface area contributed by atoms with E-state index in [-0.39, 0.29) is 35.1 Å². The molecule has 0 saturated heterocycles. The van der Waals surface area contributed by atoms with Gasteiger partial charge in [0, 0.05) is 24.6 Å². The number of carbonyl (C=O) groups excluding carboxylic acids is 1. The molecule has 0 unspecified atom stereocenters. The molecule has 1 atom stereocenters. The minimum Gasteiger partial charge on any atom is -0.504 e. The van der Waals surface area contributed by atoms with Crippen LogP contribution in [-0.2, 0) is 4.79 Å². The van der Waals surface area contributed by atoms with Crippen LogP contribution in [0.4, 0.5) is 0 Å². The molecule has 3 N–H and O–H groups in total. The van der Waals surface area contributed by atoms with Gasteiger partial charge in [0.05, 0.1) is 13.0 Å². The van der Waals surface area contributed by atoms with Crippen molar-refractivity contribution in [2.75, 3.05) is 27.7 Å². The molecule has 0 bridgehead atoms. The highest BCUT2D eigenvalue weighted by molar-refractivity contribution is 5.77. The lowest BCUT2D eigenvalue weighted by Gasteiger charge is -2.43. The molecular weight excluding hydrogens is 424 g/mol. The number of aryl methyl sites for hydroxylation is 1. The zero-order chi connectivity index (χ0) is 24.2. The van der Waals surface area contributed by atoms with E-state index in [1.807, 2.05) is 14.1 Å². The molecule has 1 saturated carbocycles. The van der Waals surface area contributed by atoms with Crippen molar-refractivity contribution >= 4 is 5.91 Å². The molecule has 2 aromatic rings. The van der Waals surface area contributed by atoms with E-state index in [4.69, 9.17) is 9.15 Å². The van der Waals surface area contributed by atoms with Gasteiger partial charge in [-0.1, -0.05) is 25.3 Å². The second-order valence-corrected chi connectivity index (χ2v) is 9.08. The molecule has 3 rings (SSSR count). The molecule has 1 aromatic carbocycles. The first-order chi connectivity index (χ1) is 15.7. The van der Waals surface area contributed by atoms with Crippen molar-refractivity contribution in [3.05, 3.63) is 51.6 Å². The maximum absolute atomic E-state index is 13.1. The van der Waals surface area contributed by atoms with Crippen LogP contribution in [-0.4, -0.2) is 54.3 Å². The molecule has 0 aliphatic heterocycles. The van der Waals surface area contributed by atoms with Crippen LogP contribution < -0.4 is 15.5 Å². The molecule has 1 amide bonds. The van der Waals surface area contributed by atoms with E-state index < -0.39 is 17.1 Å². The summed E-state index contributed by atoms with van der Waals surface area (Å²) in [6.45, 7) is 2.14. The fourth-order valence-corrected chi connectivity index (χ4v) is 4.65. The summed E-state index contributed by atoms with van der Waals surface area (Å²) < 4.78 is 10.9. The number of carbonyl (C=O) groups is 1. The van der Waals surface area contributed by atoms with E-state index in [1.165, 1.54) is 25.7 Å². The summed E-state index contributed by atoms with van der Waals surface area (Å²) >= 11 is 0. The average molecular weight is 459 g/mol. The van der Waals surface area contributed by atoms with E-state index in [2.05, 4.69) is 10.2 Å². The normalized spacial score (nSPS) is 16.4. The molecule has 8 nitrogen and oxygen atoms in total. The zero-order valence-corrected chi connectivity index (χ0v) is 19.8. The Morgan fingerprint density at radius 3 is 2.55 bits per heavy atom. The van der Waals surface area contributed by atoms with Gasteiger partial charge in [-0.15, -0.1) is 0 Å². The standard InChI is InChI=1S/C25H34N2O6/c1-16-12-20(29)23(31)24(33-16)18(17-8-9-19(28)21(13-17)32-4)14-22(30)26-15-25(27(2)3)10-6-5-7-11-25/h8-9,12-13,18,28,31H,5-7,10-11,14-15H2,1-4H3,(H,26,30)/t18-/m0/s1. The van der Waals surface area contributed by atoms with Crippen molar-refractivity contribution < 1.29 is 24.2 Å². The molecule has 8 heteroatoms. The lowest BCUT2D eigenvalue weighted by atomic mass is 9.80. The van der Waals surface area contributed by atoms with Crippen LogP contribution in [0.5, 0.6) is 17.2 Å². The van der Waals surface area contributed by atoms with Crippen LogP contribution in [0.15, 0.2) is 33.5 Å². The predicted molar refractivity (Wildman–Crippen MR) is 125 cm³/mol. The Balaban J connectivity index is 1.90. The maximum Gasteiger partial charge on any atom is 0.227 e.